The summed E-state index contributed by atoms with van der Waals surface area (Å²) in [5.74, 6) is 0.786. The van der Waals surface area contributed by atoms with E-state index in [-0.39, 0.29) is 24.6 Å². The Bertz CT molecular complexity index is 594. The molecule has 6 heteroatoms. The standard InChI is InChI=1S/C20H31N3O3/c1-4-16-9-7-8-10-18(16)26-15-19(24)23-13-11-17(12-14-23)21-20(25)22(5-2)6-3/h7-10,17H,4-6,11-15H2,1-3H3,(H,21,25). The summed E-state index contributed by atoms with van der Waals surface area (Å²) >= 11 is 0. The van der Waals surface area contributed by atoms with Crippen LogP contribution in [0.15, 0.2) is 24.3 Å². The molecule has 1 aromatic carbocycles. The van der Waals surface area contributed by atoms with Crippen molar-refractivity contribution in [2.45, 2.75) is 46.1 Å². The van der Waals surface area contributed by atoms with E-state index in [0.29, 0.717) is 26.2 Å². The number of rotatable bonds is 7. The molecule has 3 amide bonds. The van der Waals surface area contributed by atoms with Gasteiger partial charge in [0.15, 0.2) is 6.61 Å². The molecule has 1 aromatic rings. The van der Waals surface area contributed by atoms with Crippen LogP contribution in [0.1, 0.15) is 39.2 Å². The Balaban J connectivity index is 1.77. The van der Waals surface area contributed by atoms with Gasteiger partial charge in [0.05, 0.1) is 0 Å². The number of carbonyl (C=O) groups is 2. The van der Waals surface area contributed by atoms with Crippen molar-refractivity contribution >= 4 is 11.9 Å². The molecular formula is C20H31N3O3. The van der Waals surface area contributed by atoms with E-state index in [4.69, 9.17) is 4.74 Å². The fourth-order valence-corrected chi connectivity index (χ4v) is 3.22. The first-order valence-corrected chi connectivity index (χ1v) is 9.62. The SMILES string of the molecule is CCc1ccccc1OCC(=O)N1CCC(NC(=O)N(CC)CC)CC1. The minimum Gasteiger partial charge on any atom is -0.483 e. The number of benzene rings is 1. The van der Waals surface area contributed by atoms with Gasteiger partial charge in [0, 0.05) is 32.2 Å². The first-order valence-electron chi connectivity index (χ1n) is 9.62. The predicted molar refractivity (Wildman–Crippen MR) is 102 cm³/mol. The van der Waals surface area contributed by atoms with Crippen molar-refractivity contribution in [1.82, 2.24) is 15.1 Å². The number of piperidine rings is 1. The van der Waals surface area contributed by atoms with Gasteiger partial charge in [-0.25, -0.2) is 4.79 Å². The highest BCUT2D eigenvalue weighted by Gasteiger charge is 2.25. The van der Waals surface area contributed by atoms with Crippen molar-refractivity contribution in [2.24, 2.45) is 0 Å². The fourth-order valence-electron chi connectivity index (χ4n) is 3.22. The number of likely N-dealkylation sites (tertiary alicyclic amines) is 1. The Morgan fingerprint density at radius 1 is 1.15 bits per heavy atom. The smallest absolute Gasteiger partial charge is 0.317 e. The summed E-state index contributed by atoms with van der Waals surface area (Å²) in [6.45, 7) is 8.80. The molecule has 0 atom stereocenters. The highest BCUT2D eigenvalue weighted by Crippen LogP contribution is 2.18. The number of nitrogens with zero attached hydrogens (tertiary/aromatic N) is 2. The Kier molecular flexibility index (Phi) is 7.75. The third-order valence-corrected chi connectivity index (χ3v) is 4.93. The second kappa shape index (κ2) is 10.0. The lowest BCUT2D eigenvalue weighted by Crippen LogP contribution is -2.50. The van der Waals surface area contributed by atoms with Crippen LogP contribution in [-0.4, -0.2) is 60.6 Å². The number of carbonyl (C=O) groups excluding carboxylic acids is 2. The molecule has 0 aliphatic carbocycles. The number of aryl methyl sites for hydroxylation is 1. The zero-order valence-corrected chi connectivity index (χ0v) is 16.2. The van der Waals surface area contributed by atoms with Crippen LogP contribution in [0.3, 0.4) is 0 Å². The summed E-state index contributed by atoms with van der Waals surface area (Å²) in [7, 11) is 0. The molecule has 1 fully saturated rings. The average molecular weight is 361 g/mol. The molecule has 0 saturated carbocycles. The quantitative estimate of drug-likeness (QED) is 0.812. The molecule has 0 aromatic heterocycles. The zero-order valence-electron chi connectivity index (χ0n) is 16.2. The van der Waals surface area contributed by atoms with E-state index in [2.05, 4.69) is 12.2 Å². The fraction of sp³-hybridized carbons (Fsp3) is 0.600. The van der Waals surface area contributed by atoms with Gasteiger partial charge in [-0.1, -0.05) is 25.1 Å². The van der Waals surface area contributed by atoms with Crippen molar-refractivity contribution in [3.05, 3.63) is 29.8 Å². The Morgan fingerprint density at radius 2 is 1.81 bits per heavy atom. The van der Waals surface area contributed by atoms with E-state index in [9.17, 15) is 9.59 Å². The van der Waals surface area contributed by atoms with Gasteiger partial charge in [-0.15, -0.1) is 0 Å². The molecule has 1 aliphatic heterocycles. The molecule has 0 bridgehead atoms. The van der Waals surface area contributed by atoms with Gasteiger partial charge in [0.25, 0.3) is 5.91 Å². The summed E-state index contributed by atoms with van der Waals surface area (Å²) in [5.41, 5.74) is 1.11. The summed E-state index contributed by atoms with van der Waals surface area (Å²) in [5, 5.41) is 3.07. The first kappa shape index (κ1) is 20.1. The van der Waals surface area contributed by atoms with Crippen molar-refractivity contribution in [3.63, 3.8) is 0 Å². The highest BCUT2D eigenvalue weighted by atomic mass is 16.5. The topological polar surface area (TPSA) is 61.9 Å². The third-order valence-electron chi connectivity index (χ3n) is 4.93. The average Bonchev–Trinajstić information content (AvgIpc) is 2.67. The molecule has 1 saturated heterocycles. The molecule has 1 N–H and O–H groups in total. The molecular weight excluding hydrogens is 330 g/mol. The molecule has 144 valence electrons. The zero-order chi connectivity index (χ0) is 18.9. The van der Waals surface area contributed by atoms with Gasteiger partial charge in [-0.2, -0.15) is 0 Å². The van der Waals surface area contributed by atoms with Crippen molar-refractivity contribution in [3.8, 4) is 5.75 Å². The van der Waals surface area contributed by atoms with E-state index in [1.165, 1.54) is 0 Å². The number of hydrogen-bond donors (Lipinski definition) is 1. The van der Waals surface area contributed by atoms with Gasteiger partial charge in [-0.05, 0) is 44.7 Å². The Hall–Kier alpha value is -2.24. The Labute approximate surface area is 156 Å². The second-order valence-corrected chi connectivity index (χ2v) is 6.53. The maximum Gasteiger partial charge on any atom is 0.317 e. The lowest BCUT2D eigenvalue weighted by molar-refractivity contribution is -0.134. The minimum absolute atomic E-state index is 0.00410. The lowest BCUT2D eigenvalue weighted by Gasteiger charge is -2.33. The van der Waals surface area contributed by atoms with E-state index in [0.717, 1.165) is 30.6 Å². The monoisotopic (exact) mass is 361 g/mol. The summed E-state index contributed by atoms with van der Waals surface area (Å²) in [6, 6.07) is 7.94. The number of nitrogens with one attached hydrogen (secondary N) is 1. The molecule has 6 nitrogen and oxygen atoms in total. The van der Waals surface area contributed by atoms with Crippen molar-refractivity contribution in [2.75, 3.05) is 32.8 Å². The van der Waals surface area contributed by atoms with E-state index < -0.39 is 0 Å². The third kappa shape index (κ3) is 5.38. The number of urea groups is 1. The van der Waals surface area contributed by atoms with E-state index in [1.54, 1.807) is 4.90 Å². The summed E-state index contributed by atoms with van der Waals surface area (Å²) < 4.78 is 5.73. The Morgan fingerprint density at radius 3 is 2.42 bits per heavy atom. The van der Waals surface area contributed by atoms with Crippen LogP contribution in [0.25, 0.3) is 0 Å². The maximum atomic E-state index is 12.4. The molecule has 0 spiro atoms. The largest absolute Gasteiger partial charge is 0.483 e. The van der Waals surface area contributed by atoms with Crippen LogP contribution in [0.2, 0.25) is 0 Å². The first-order chi connectivity index (χ1) is 12.6. The van der Waals surface area contributed by atoms with Gasteiger partial charge in [-0.3, -0.25) is 4.79 Å². The van der Waals surface area contributed by atoms with Crippen molar-refractivity contribution < 1.29 is 14.3 Å². The van der Waals surface area contributed by atoms with Gasteiger partial charge < -0.3 is 19.9 Å². The molecule has 1 aliphatic rings. The highest BCUT2D eigenvalue weighted by molar-refractivity contribution is 5.78. The summed E-state index contributed by atoms with van der Waals surface area (Å²) in [4.78, 5) is 28.1. The predicted octanol–water partition coefficient (Wildman–Crippen LogP) is 2.67. The van der Waals surface area contributed by atoms with Crippen LogP contribution >= 0.6 is 0 Å². The van der Waals surface area contributed by atoms with Gasteiger partial charge in [0.1, 0.15) is 5.75 Å². The summed E-state index contributed by atoms with van der Waals surface area (Å²) in [6.07, 6.45) is 2.44. The van der Waals surface area contributed by atoms with Crippen LogP contribution < -0.4 is 10.1 Å². The second-order valence-electron chi connectivity index (χ2n) is 6.53. The van der Waals surface area contributed by atoms with Crippen LogP contribution in [-0.2, 0) is 11.2 Å². The normalized spacial score (nSPS) is 14.8. The number of ether oxygens (including phenoxy) is 1. The van der Waals surface area contributed by atoms with Gasteiger partial charge in [0.2, 0.25) is 0 Å². The van der Waals surface area contributed by atoms with Crippen LogP contribution in [0, 0.1) is 0 Å². The maximum absolute atomic E-state index is 12.4. The van der Waals surface area contributed by atoms with Gasteiger partial charge >= 0.3 is 6.03 Å². The molecule has 1 heterocycles. The van der Waals surface area contributed by atoms with E-state index >= 15 is 0 Å². The molecule has 26 heavy (non-hydrogen) atoms. The molecule has 2 rings (SSSR count). The number of para-hydroxylation sites is 1. The van der Waals surface area contributed by atoms with E-state index in [1.807, 2.05) is 43.0 Å². The van der Waals surface area contributed by atoms with Crippen LogP contribution in [0.4, 0.5) is 4.79 Å². The van der Waals surface area contributed by atoms with Crippen molar-refractivity contribution in [1.29, 1.82) is 0 Å². The molecule has 0 unspecified atom stereocenters. The van der Waals surface area contributed by atoms with Crippen LogP contribution in [0.5, 0.6) is 5.75 Å². The lowest BCUT2D eigenvalue weighted by atomic mass is 10.1. The molecule has 0 radical (unpaired) electrons. The minimum atomic E-state index is -0.0146. The number of amides is 3. The number of hydrogen-bond acceptors (Lipinski definition) is 3.